The average Bonchev–Trinajstić information content (AvgIpc) is 2.70. The van der Waals surface area contributed by atoms with Crippen LogP contribution in [0.15, 0.2) is 53.5 Å². The van der Waals surface area contributed by atoms with E-state index in [1.165, 1.54) is 36.8 Å². The van der Waals surface area contributed by atoms with Gasteiger partial charge < -0.3 is 0 Å². The van der Waals surface area contributed by atoms with Gasteiger partial charge in [0.05, 0.1) is 5.69 Å². The quantitative estimate of drug-likeness (QED) is 0.672. The zero-order chi connectivity index (χ0) is 19.5. The van der Waals surface area contributed by atoms with Gasteiger partial charge in [0.2, 0.25) is 0 Å². The highest BCUT2D eigenvalue weighted by Crippen LogP contribution is 2.23. The first kappa shape index (κ1) is 18.9. The number of piperidine rings is 1. The third-order valence-corrected chi connectivity index (χ3v) is 5.99. The Morgan fingerprint density at radius 3 is 2.57 bits per heavy atom. The third kappa shape index (κ3) is 4.33. The molecule has 4 rings (SSSR count). The molecule has 0 aliphatic carbocycles. The van der Waals surface area contributed by atoms with Crippen molar-refractivity contribution in [2.45, 2.75) is 46.1 Å². The third-order valence-electron chi connectivity index (χ3n) is 5.99. The molecule has 0 saturated carbocycles. The SMILES string of the molecule is Cc1ccc(CCC2CCN(Cc3cc(=O)n4cccc(C)c4n3)CC2)cc1. The maximum Gasteiger partial charge on any atom is 0.258 e. The standard InChI is InChI=1S/C24H29N3O/c1-18-5-7-20(8-6-18)9-10-21-11-14-26(15-12-21)17-22-16-23(28)27-13-3-4-19(2)24(27)25-22/h3-8,13,16,21H,9-12,14-15,17H2,1-2H3. The van der Waals surface area contributed by atoms with Gasteiger partial charge in [-0.05, 0) is 75.7 Å². The Kier molecular flexibility index (Phi) is 5.58. The zero-order valence-corrected chi connectivity index (χ0v) is 16.9. The smallest absolute Gasteiger partial charge is 0.258 e. The van der Waals surface area contributed by atoms with E-state index in [2.05, 4.69) is 36.1 Å². The number of aryl methyl sites for hydroxylation is 3. The van der Waals surface area contributed by atoms with Gasteiger partial charge in [-0.3, -0.25) is 14.1 Å². The summed E-state index contributed by atoms with van der Waals surface area (Å²) in [5.74, 6) is 0.801. The van der Waals surface area contributed by atoms with Crippen LogP contribution in [0, 0.1) is 19.8 Å². The Labute approximate surface area is 166 Å². The van der Waals surface area contributed by atoms with E-state index in [0.29, 0.717) is 0 Å². The number of likely N-dealkylation sites (tertiary alicyclic amines) is 1. The van der Waals surface area contributed by atoms with Gasteiger partial charge in [-0.2, -0.15) is 0 Å². The molecule has 0 amide bonds. The molecule has 1 aliphatic heterocycles. The highest BCUT2D eigenvalue weighted by atomic mass is 16.1. The summed E-state index contributed by atoms with van der Waals surface area (Å²) in [4.78, 5) is 19.6. The van der Waals surface area contributed by atoms with Crippen molar-refractivity contribution < 1.29 is 0 Å². The van der Waals surface area contributed by atoms with Gasteiger partial charge in [-0.25, -0.2) is 4.98 Å². The van der Waals surface area contributed by atoms with Gasteiger partial charge in [0.1, 0.15) is 5.65 Å². The summed E-state index contributed by atoms with van der Waals surface area (Å²) in [5, 5.41) is 0. The molecule has 1 fully saturated rings. The average molecular weight is 376 g/mol. The molecule has 0 spiro atoms. The molecular formula is C24H29N3O. The minimum absolute atomic E-state index is 0.0108. The van der Waals surface area contributed by atoms with Crippen molar-refractivity contribution in [2.75, 3.05) is 13.1 Å². The highest BCUT2D eigenvalue weighted by molar-refractivity contribution is 5.46. The number of benzene rings is 1. The van der Waals surface area contributed by atoms with Gasteiger partial charge >= 0.3 is 0 Å². The molecule has 146 valence electrons. The van der Waals surface area contributed by atoms with Crippen molar-refractivity contribution in [3.05, 3.63) is 81.4 Å². The molecule has 3 aromatic rings. The predicted molar refractivity (Wildman–Crippen MR) is 114 cm³/mol. The second-order valence-electron chi connectivity index (χ2n) is 8.21. The molecule has 0 radical (unpaired) electrons. The molecule has 0 unspecified atom stereocenters. The van der Waals surface area contributed by atoms with Crippen LogP contribution in [0.3, 0.4) is 0 Å². The predicted octanol–water partition coefficient (Wildman–Crippen LogP) is 4.16. The summed E-state index contributed by atoms with van der Waals surface area (Å²) in [5.41, 5.74) is 5.49. The van der Waals surface area contributed by atoms with Crippen LogP contribution in [-0.4, -0.2) is 27.4 Å². The van der Waals surface area contributed by atoms with Crippen molar-refractivity contribution in [2.24, 2.45) is 5.92 Å². The molecule has 4 heteroatoms. The summed E-state index contributed by atoms with van der Waals surface area (Å²) in [6.07, 6.45) is 6.70. The molecule has 0 bridgehead atoms. The molecule has 1 saturated heterocycles. The number of pyridine rings is 1. The van der Waals surface area contributed by atoms with Crippen LogP contribution >= 0.6 is 0 Å². The summed E-state index contributed by atoms with van der Waals surface area (Å²) in [7, 11) is 0. The van der Waals surface area contributed by atoms with Crippen LogP contribution < -0.4 is 5.56 Å². The Morgan fingerprint density at radius 1 is 1.07 bits per heavy atom. The second kappa shape index (κ2) is 8.27. The lowest BCUT2D eigenvalue weighted by Crippen LogP contribution is -2.34. The topological polar surface area (TPSA) is 37.6 Å². The molecular weight excluding hydrogens is 346 g/mol. The Bertz CT molecular complexity index is 999. The lowest BCUT2D eigenvalue weighted by atomic mass is 9.90. The van der Waals surface area contributed by atoms with E-state index < -0.39 is 0 Å². The molecule has 28 heavy (non-hydrogen) atoms. The van der Waals surface area contributed by atoms with E-state index in [-0.39, 0.29) is 5.56 Å². The lowest BCUT2D eigenvalue weighted by Gasteiger charge is -2.31. The van der Waals surface area contributed by atoms with Crippen molar-refractivity contribution >= 4 is 5.65 Å². The summed E-state index contributed by atoms with van der Waals surface area (Å²) in [6.45, 7) is 7.09. The number of rotatable bonds is 5. The summed E-state index contributed by atoms with van der Waals surface area (Å²) >= 11 is 0. The fourth-order valence-electron chi connectivity index (χ4n) is 4.18. The fraction of sp³-hybridized carbons (Fsp3) is 0.417. The minimum Gasteiger partial charge on any atom is -0.297 e. The van der Waals surface area contributed by atoms with Crippen LogP contribution in [0.25, 0.3) is 5.65 Å². The van der Waals surface area contributed by atoms with Gasteiger partial charge in [0.25, 0.3) is 5.56 Å². The molecule has 1 aromatic carbocycles. The van der Waals surface area contributed by atoms with Crippen molar-refractivity contribution in [1.29, 1.82) is 0 Å². The van der Waals surface area contributed by atoms with E-state index in [1.54, 1.807) is 16.7 Å². The summed E-state index contributed by atoms with van der Waals surface area (Å²) in [6, 6.07) is 14.5. The highest BCUT2D eigenvalue weighted by Gasteiger charge is 2.20. The van der Waals surface area contributed by atoms with E-state index in [1.807, 2.05) is 19.1 Å². The van der Waals surface area contributed by atoms with Crippen LogP contribution in [0.2, 0.25) is 0 Å². The number of fused-ring (bicyclic) bond motifs is 1. The van der Waals surface area contributed by atoms with Crippen LogP contribution in [-0.2, 0) is 13.0 Å². The second-order valence-corrected chi connectivity index (χ2v) is 8.21. The Balaban J connectivity index is 1.33. The number of hydrogen-bond acceptors (Lipinski definition) is 3. The van der Waals surface area contributed by atoms with E-state index >= 15 is 0 Å². The molecule has 2 aromatic heterocycles. The molecule has 0 atom stereocenters. The fourth-order valence-corrected chi connectivity index (χ4v) is 4.18. The molecule has 0 N–H and O–H groups in total. The largest absolute Gasteiger partial charge is 0.297 e. The first-order chi connectivity index (χ1) is 13.6. The zero-order valence-electron chi connectivity index (χ0n) is 16.9. The number of hydrogen-bond donors (Lipinski definition) is 0. The van der Waals surface area contributed by atoms with Gasteiger partial charge in [0, 0.05) is 18.8 Å². The molecule has 1 aliphatic rings. The first-order valence-electron chi connectivity index (χ1n) is 10.3. The summed E-state index contributed by atoms with van der Waals surface area (Å²) < 4.78 is 1.64. The molecule has 4 nitrogen and oxygen atoms in total. The Morgan fingerprint density at radius 2 is 1.82 bits per heavy atom. The van der Waals surface area contributed by atoms with Gasteiger partial charge in [0.15, 0.2) is 0 Å². The molecule has 3 heterocycles. The monoisotopic (exact) mass is 375 g/mol. The Hall–Kier alpha value is -2.46. The van der Waals surface area contributed by atoms with Crippen LogP contribution in [0.4, 0.5) is 0 Å². The van der Waals surface area contributed by atoms with Crippen LogP contribution in [0.1, 0.15) is 41.6 Å². The van der Waals surface area contributed by atoms with Crippen molar-refractivity contribution in [3.63, 3.8) is 0 Å². The van der Waals surface area contributed by atoms with E-state index in [9.17, 15) is 4.79 Å². The van der Waals surface area contributed by atoms with Crippen molar-refractivity contribution in [3.8, 4) is 0 Å². The maximum atomic E-state index is 12.4. The van der Waals surface area contributed by atoms with Crippen molar-refractivity contribution in [1.82, 2.24) is 14.3 Å². The number of nitrogens with zero attached hydrogens (tertiary/aromatic N) is 3. The van der Waals surface area contributed by atoms with Gasteiger partial charge in [-0.1, -0.05) is 35.9 Å². The van der Waals surface area contributed by atoms with E-state index in [4.69, 9.17) is 4.98 Å². The first-order valence-corrected chi connectivity index (χ1v) is 10.3. The van der Waals surface area contributed by atoms with Crippen LogP contribution in [0.5, 0.6) is 0 Å². The minimum atomic E-state index is 0.0108. The maximum absolute atomic E-state index is 12.4. The lowest BCUT2D eigenvalue weighted by molar-refractivity contribution is 0.171. The van der Waals surface area contributed by atoms with Gasteiger partial charge in [-0.15, -0.1) is 0 Å². The normalized spacial score (nSPS) is 15.9. The van der Waals surface area contributed by atoms with E-state index in [0.717, 1.165) is 42.5 Å². The number of aromatic nitrogens is 2.